The predicted octanol–water partition coefficient (Wildman–Crippen LogP) is 6.90. The van der Waals surface area contributed by atoms with Crippen LogP contribution in [-0.2, 0) is 9.59 Å². The Morgan fingerprint density at radius 2 is 1.56 bits per heavy atom. The molecule has 9 heteroatoms. The van der Waals surface area contributed by atoms with Crippen molar-refractivity contribution in [2.45, 2.75) is 39.7 Å². The van der Waals surface area contributed by atoms with Crippen molar-refractivity contribution in [2.24, 2.45) is 0 Å². The maximum atomic E-state index is 13.6. The topological polar surface area (TPSA) is 98.2 Å². The van der Waals surface area contributed by atoms with Gasteiger partial charge in [-0.3, -0.25) is 14.5 Å². The number of carbonyl (C=O) groups excluding carboxylic acids is 2. The van der Waals surface area contributed by atoms with Gasteiger partial charge in [-0.1, -0.05) is 49.4 Å². The Morgan fingerprint density at radius 3 is 2.27 bits per heavy atom. The van der Waals surface area contributed by atoms with E-state index in [4.69, 9.17) is 19.2 Å². The van der Waals surface area contributed by atoms with Crippen LogP contribution in [0.2, 0.25) is 0 Å². The van der Waals surface area contributed by atoms with Crippen LogP contribution in [-0.4, -0.2) is 41.6 Å². The van der Waals surface area contributed by atoms with E-state index in [1.165, 1.54) is 16.2 Å². The second kappa shape index (κ2) is 12.4. The Bertz CT molecular complexity index is 1590. The van der Waals surface area contributed by atoms with Crippen molar-refractivity contribution in [2.75, 3.05) is 24.7 Å². The number of aromatic nitrogens is 1. The van der Waals surface area contributed by atoms with Crippen LogP contribution >= 0.6 is 11.3 Å². The molecule has 1 unspecified atom stereocenters. The van der Waals surface area contributed by atoms with E-state index in [2.05, 4.69) is 0 Å². The summed E-state index contributed by atoms with van der Waals surface area (Å²) >= 11 is 1.29. The molecule has 4 aromatic rings. The van der Waals surface area contributed by atoms with E-state index in [0.29, 0.717) is 58.8 Å². The lowest BCUT2D eigenvalue weighted by Gasteiger charge is -2.23. The van der Waals surface area contributed by atoms with Crippen LogP contribution < -0.4 is 19.1 Å². The Morgan fingerprint density at radius 1 is 0.878 bits per heavy atom. The van der Waals surface area contributed by atoms with Crippen LogP contribution in [0.1, 0.15) is 50.8 Å². The normalized spacial score (nSPS) is 16.4. The number of aliphatic hydroxyl groups is 1. The summed E-state index contributed by atoms with van der Waals surface area (Å²) in [7, 11) is 0. The van der Waals surface area contributed by atoms with Gasteiger partial charge in [-0.05, 0) is 67.8 Å². The zero-order valence-electron chi connectivity index (χ0n) is 23.3. The van der Waals surface area contributed by atoms with Crippen molar-refractivity contribution in [1.82, 2.24) is 4.98 Å². The van der Waals surface area contributed by atoms with Gasteiger partial charge in [0.05, 0.1) is 41.7 Å². The van der Waals surface area contributed by atoms with Crippen LogP contribution in [0.3, 0.4) is 0 Å². The van der Waals surface area contributed by atoms with Crippen LogP contribution in [0, 0.1) is 0 Å². The number of hydrogen-bond donors (Lipinski definition) is 1. The molecule has 1 amide bonds. The van der Waals surface area contributed by atoms with Crippen LogP contribution in [0.5, 0.6) is 17.2 Å². The summed E-state index contributed by atoms with van der Waals surface area (Å²) < 4.78 is 17.9. The number of hydrogen-bond acceptors (Lipinski definition) is 8. The number of fused-ring (bicyclic) bond motifs is 1. The first-order chi connectivity index (χ1) is 19.9. The molecule has 0 spiro atoms. The highest BCUT2D eigenvalue weighted by Crippen LogP contribution is 2.45. The molecule has 1 aliphatic heterocycles. The van der Waals surface area contributed by atoms with Crippen molar-refractivity contribution in [3.05, 3.63) is 83.4 Å². The smallest absolute Gasteiger partial charge is 0.301 e. The number of ketones is 1. The monoisotopic (exact) mass is 572 g/mol. The molecule has 3 aromatic carbocycles. The van der Waals surface area contributed by atoms with Crippen molar-refractivity contribution < 1.29 is 28.9 Å². The lowest BCUT2D eigenvalue weighted by atomic mass is 9.95. The van der Waals surface area contributed by atoms with E-state index in [9.17, 15) is 14.7 Å². The number of thiazole rings is 1. The molecule has 0 saturated carbocycles. The van der Waals surface area contributed by atoms with E-state index < -0.39 is 17.7 Å². The number of benzene rings is 3. The number of Topliss-reactive ketones (excluding diaryl/α,β-unsaturated/α-hetero) is 1. The lowest BCUT2D eigenvalue weighted by molar-refractivity contribution is -0.132. The van der Waals surface area contributed by atoms with Gasteiger partial charge in [0.1, 0.15) is 23.0 Å². The summed E-state index contributed by atoms with van der Waals surface area (Å²) in [5, 5.41) is 11.9. The minimum atomic E-state index is -0.901. The molecule has 1 fully saturated rings. The number of nitrogens with zero attached hydrogens (tertiary/aromatic N) is 2. The highest BCUT2D eigenvalue weighted by Gasteiger charge is 2.48. The van der Waals surface area contributed by atoms with Gasteiger partial charge in [0.25, 0.3) is 5.78 Å². The highest BCUT2D eigenvalue weighted by molar-refractivity contribution is 7.22. The average molecular weight is 573 g/mol. The van der Waals surface area contributed by atoms with E-state index in [1.807, 2.05) is 51.1 Å². The van der Waals surface area contributed by atoms with E-state index in [1.54, 1.807) is 36.4 Å². The Labute approximate surface area is 242 Å². The maximum Gasteiger partial charge on any atom is 0.301 e. The molecule has 5 rings (SSSR count). The van der Waals surface area contributed by atoms with Crippen LogP contribution in [0.15, 0.2) is 72.3 Å². The number of carbonyl (C=O) groups is 2. The first-order valence-corrected chi connectivity index (χ1v) is 14.6. The van der Waals surface area contributed by atoms with Crippen molar-refractivity contribution in [3.8, 4) is 17.2 Å². The minimum absolute atomic E-state index is 0.0147. The summed E-state index contributed by atoms with van der Waals surface area (Å²) in [5.41, 5.74) is 1.69. The highest BCUT2D eigenvalue weighted by atomic mass is 32.1. The quantitative estimate of drug-likeness (QED) is 0.119. The second-order valence-corrected chi connectivity index (χ2v) is 10.5. The molecule has 8 nitrogen and oxygen atoms in total. The van der Waals surface area contributed by atoms with Gasteiger partial charge >= 0.3 is 5.91 Å². The van der Waals surface area contributed by atoms with Gasteiger partial charge in [-0.2, -0.15) is 0 Å². The Hall–Kier alpha value is -4.37. The lowest BCUT2D eigenvalue weighted by Crippen LogP contribution is -2.29. The molecule has 1 N–H and O–H groups in total. The number of rotatable bonds is 11. The average Bonchev–Trinajstić information content (AvgIpc) is 3.52. The van der Waals surface area contributed by atoms with E-state index in [-0.39, 0.29) is 11.3 Å². The predicted molar refractivity (Wildman–Crippen MR) is 160 cm³/mol. The van der Waals surface area contributed by atoms with Crippen molar-refractivity contribution in [3.63, 3.8) is 0 Å². The molecule has 0 radical (unpaired) electrons. The van der Waals surface area contributed by atoms with Crippen LogP contribution in [0.25, 0.3) is 16.0 Å². The van der Waals surface area contributed by atoms with Gasteiger partial charge in [-0.15, -0.1) is 0 Å². The number of aliphatic hydroxyl groups excluding tert-OH is 1. The van der Waals surface area contributed by atoms with Gasteiger partial charge in [-0.25, -0.2) is 4.98 Å². The zero-order valence-corrected chi connectivity index (χ0v) is 24.1. The summed E-state index contributed by atoms with van der Waals surface area (Å²) in [5.74, 6) is 0.121. The Balaban J connectivity index is 1.63. The number of anilines is 1. The van der Waals surface area contributed by atoms with E-state index in [0.717, 1.165) is 17.5 Å². The fraction of sp³-hybridized carbons (Fsp3) is 0.281. The first-order valence-electron chi connectivity index (χ1n) is 13.8. The van der Waals surface area contributed by atoms with E-state index >= 15 is 0 Å². The summed E-state index contributed by atoms with van der Waals surface area (Å²) in [6, 6.07) is 18.7. The number of ether oxygens (including phenoxy) is 3. The van der Waals surface area contributed by atoms with Crippen molar-refractivity contribution in [1.29, 1.82) is 0 Å². The molecule has 1 atom stereocenters. The largest absolute Gasteiger partial charge is 0.507 e. The molecule has 0 aliphatic carbocycles. The Kier molecular flexibility index (Phi) is 8.54. The molecule has 0 bridgehead atoms. The zero-order chi connectivity index (χ0) is 28.9. The molecule has 212 valence electrons. The SMILES string of the molecule is CCCOc1ccc(C2/C(=C(\O)c3cccc(OCCC)c3)C(=O)C(=O)N2c2nc3ccc(OCC)cc3s2)cc1. The standard InChI is InChI=1S/C32H32N2O6S/c1-4-16-39-22-12-10-20(11-13-22)28-27(29(35)21-8-7-9-23(18-21)40-17-5-2)30(36)31(37)34(28)32-33-25-15-14-24(38-6-3)19-26(25)41-32/h7-15,18-19,28,35H,4-6,16-17H2,1-3H3/b29-27+. The van der Waals surface area contributed by atoms with Crippen LogP contribution in [0.4, 0.5) is 5.13 Å². The van der Waals surface area contributed by atoms with Crippen molar-refractivity contribution >= 4 is 44.1 Å². The maximum absolute atomic E-state index is 13.6. The summed E-state index contributed by atoms with van der Waals surface area (Å²) in [4.78, 5) is 33.3. The third-order valence-electron chi connectivity index (χ3n) is 6.56. The summed E-state index contributed by atoms with van der Waals surface area (Å²) in [6.07, 6.45) is 1.69. The number of amides is 1. The molecule has 1 aliphatic rings. The van der Waals surface area contributed by atoms with Gasteiger partial charge in [0, 0.05) is 5.56 Å². The molecule has 1 saturated heterocycles. The fourth-order valence-electron chi connectivity index (χ4n) is 4.67. The summed E-state index contributed by atoms with van der Waals surface area (Å²) in [6.45, 7) is 7.55. The molecular formula is C32H32N2O6S. The molecule has 2 heterocycles. The first kappa shape index (κ1) is 28.2. The molecule has 41 heavy (non-hydrogen) atoms. The van der Waals surface area contributed by atoms with Gasteiger partial charge in [0.2, 0.25) is 0 Å². The van der Waals surface area contributed by atoms with Gasteiger partial charge in [0.15, 0.2) is 5.13 Å². The molecular weight excluding hydrogens is 540 g/mol. The second-order valence-electron chi connectivity index (χ2n) is 9.52. The third kappa shape index (κ3) is 5.76. The fourth-order valence-corrected chi connectivity index (χ4v) is 5.69. The molecule has 1 aromatic heterocycles. The minimum Gasteiger partial charge on any atom is -0.507 e. The third-order valence-corrected chi connectivity index (χ3v) is 7.58. The van der Waals surface area contributed by atoms with Gasteiger partial charge < -0.3 is 19.3 Å².